The first kappa shape index (κ1) is 7.66. The number of hydrogen-bond acceptors (Lipinski definition) is 1. The van der Waals surface area contributed by atoms with Crippen LogP contribution in [0.15, 0.2) is 18.2 Å². The van der Waals surface area contributed by atoms with Gasteiger partial charge < -0.3 is 4.90 Å². The summed E-state index contributed by atoms with van der Waals surface area (Å²) >= 11 is 0. The molecule has 0 saturated carbocycles. The Balaban J connectivity index is 2.39. The Morgan fingerprint density at radius 2 is 1.83 bits per heavy atom. The van der Waals surface area contributed by atoms with Crippen molar-refractivity contribution in [1.29, 1.82) is 0 Å². The van der Waals surface area contributed by atoms with E-state index in [2.05, 4.69) is 37.2 Å². The van der Waals surface area contributed by atoms with Crippen LogP contribution in [0.5, 0.6) is 0 Å². The van der Waals surface area contributed by atoms with Crippen LogP contribution in [0.4, 0.5) is 5.69 Å². The van der Waals surface area contributed by atoms with Crippen LogP contribution in [0.1, 0.15) is 17.5 Å². The molecule has 0 aromatic heterocycles. The third-order valence-corrected chi connectivity index (χ3v) is 2.60. The van der Waals surface area contributed by atoms with E-state index in [1.807, 2.05) is 0 Å². The Morgan fingerprint density at radius 1 is 1.08 bits per heavy atom. The fourth-order valence-electron chi connectivity index (χ4n) is 1.84. The van der Waals surface area contributed by atoms with Crippen molar-refractivity contribution in [1.82, 2.24) is 0 Å². The van der Waals surface area contributed by atoms with E-state index in [-0.39, 0.29) is 0 Å². The van der Waals surface area contributed by atoms with Crippen LogP contribution in [0.25, 0.3) is 0 Å². The number of aryl methyl sites for hydroxylation is 2. The summed E-state index contributed by atoms with van der Waals surface area (Å²) in [6.07, 6.45) is 3.90. The first-order valence-electron chi connectivity index (χ1n) is 4.56. The molecular formula is C11H15N. The van der Waals surface area contributed by atoms with E-state index < -0.39 is 0 Å². The number of anilines is 1. The van der Waals surface area contributed by atoms with Gasteiger partial charge in [0.2, 0.25) is 0 Å². The Labute approximate surface area is 74.0 Å². The number of rotatable bonds is 1. The Hall–Kier alpha value is -0.980. The van der Waals surface area contributed by atoms with Gasteiger partial charge in [0.1, 0.15) is 0 Å². The molecule has 1 aliphatic rings. The van der Waals surface area contributed by atoms with E-state index >= 15 is 0 Å². The molecule has 0 bridgehead atoms. The highest BCUT2D eigenvalue weighted by Crippen LogP contribution is 2.25. The monoisotopic (exact) mass is 161 g/mol. The molecule has 1 aromatic carbocycles. The topological polar surface area (TPSA) is 3.24 Å². The van der Waals surface area contributed by atoms with Crippen molar-refractivity contribution < 1.29 is 0 Å². The molecule has 0 atom stereocenters. The molecule has 0 N–H and O–H groups in total. The zero-order valence-corrected chi connectivity index (χ0v) is 7.80. The summed E-state index contributed by atoms with van der Waals surface area (Å²) in [6, 6.07) is 6.81. The smallest absolute Gasteiger partial charge is 0.0363 e. The van der Waals surface area contributed by atoms with Crippen molar-refractivity contribution in [2.24, 2.45) is 0 Å². The lowest BCUT2D eigenvalue weighted by atomic mass is 10.1. The second kappa shape index (κ2) is 2.81. The van der Waals surface area contributed by atoms with Gasteiger partial charge in [0.15, 0.2) is 0 Å². The third kappa shape index (κ3) is 1.20. The van der Waals surface area contributed by atoms with Gasteiger partial charge >= 0.3 is 0 Å². The Morgan fingerprint density at radius 3 is 2.58 bits per heavy atom. The van der Waals surface area contributed by atoms with Gasteiger partial charge in [-0.1, -0.05) is 6.07 Å². The maximum Gasteiger partial charge on any atom is 0.0363 e. The summed E-state index contributed by atoms with van der Waals surface area (Å²) in [5.41, 5.74) is 4.44. The average Bonchev–Trinajstić information content (AvgIpc) is 2.49. The normalized spacial score (nSPS) is 14.5. The summed E-state index contributed by atoms with van der Waals surface area (Å²) in [4.78, 5) is 2.17. The Kier molecular flexibility index (Phi) is 1.80. The summed E-state index contributed by atoms with van der Waals surface area (Å²) in [6.45, 7) is 0. The molecule has 0 heterocycles. The van der Waals surface area contributed by atoms with Gasteiger partial charge in [-0.25, -0.2) is 0 Å². The molecule has 1 nitrogen and oxygen atoms in total. The van der Waals surface area contributed by atoms with Crippen molar-refractivity contribution in [3.8, 4) is 0 Å². The Bertz CT molecular complexity index is 289. The number of benzene rings is 1. The van der Waals surface area contributed by atoms with Crippen LogP contribution in [0, 0.1) is 0 Å². The molecule has 1 aliphatic carbocycles. The molecule has 0 saturated heterocycles. The van der Waals surface area contributed by atoms with Crippen LogP contribution >= 0.6 is 0 Å². The van der Waals surface area contributed by atoms with E-state index in [9.17, 15) is 0 Å². The molecule has 1 aromatic rings. The molecule has 0 unspecified atom stereocenters. The first-order valence-corrected chi connectivity index (χ1v) is 4.56. The second-order valence-corrected chi connectivity index (χ2v) is 3.70. The summed E-state index contributed by atoms with van der Waals surface area (Å²) in [5.74, 6) is 0. The molecule has 0 aliphatic heterocycles. The fourth-order valence-corrected chi connectivity index (χ4v) is 1.84. The maximum atomic E-state index is 2.32. The van der Waals surface area contributed by atoms with Crippen molar-refractivity contribution in [2.75, 3.05) is 19.0 Å². The summed E-state index contributed by atoms with van der Waals surface area (Å²) in [5, 5.41) is 0. The molecule has 12 heavy (non-hydrogen) atoms. The van der Waals surface area contributed by atoms with Crippen molar-refractivity contribution in [2.45, 2.75) is 19.3 Å². The molecule has 1 heteroatoms. The molecule has 64 valence electrons. The zero-order valence-electron chi connectivity index (χ0n) is 7.80. The predicted octanol–water partition coefficient (Wildman–Crippen LogP) is 2.24. The molecule has 0 radical (unpaired) electrons. The molecule has 0 fully saturated rings. The van der Waals surface area contributed by atoms with E-state index in [4.69, 9.17) is 0 Å². The molecule has 0 spiro atoms. The van der Waals surface area contributed by atoms with Crippen molar-refractivity contribution in [3.05, 3.63) is 29.3 Å². The lowest BCUT2D eigenvalue weighted by molar-refractivity contribution is 0.911. The number of fused-ring (bicyclic) bond motifs is 1. The van der Waals surface area contributed by atoms with Crippen LogP contribution in [-0.4, -0.2) is 14.1 Å². The van der Waals surface area contributed by atoms with E-state index in [1.54, 1.807) is 11.1 Å². The lowest BCUT2D eigenvalue weighted by Crippen LogP contribution is -2.08. The minimum atomic E-state index is 1.27. The molecule has 0 amide bonds. The maximum absolute atomic E-state index is 2.32. The summed E-state index contributed by atoms with van der Waals surface area (Å²) < 4.78 is 0. The van der Waals surface area contributed by atoms with Crippen molar-refractivity contribution in [3.63, 3.8) is 0 Å². The zero-order chi connectivity index (χ0) is 8.55. The van der Waals surface area contributed by atoms with Gasteiger partial charge in [0.05, 0.1) is 0 Å². The van der Waals surface area contributed by atoms with Crippen LogP contribution in [-0.2, 0) is 12.8 Å². The lowest BCUT2D eigenvalue weighted by Gasteiger charge is -2.13. The van der Waals surface area contributed by atoms with E-state index in [0.717, 1.165) is 0 Å². The van der Waals surface area contributed by atoms with Gasteiger partial charge in [-0.05, 0) is 42.5 Å². The minimum Gasteiger partial charge on any atom is -0.378 e. The number of nitrogens with zero attached hydrogens (tertiary/aromatic N) is 1. The minimum absolute atomic E-state index is 1.27. The van der Waals surface area contributed by atoms with E-state index in [0.29, 0.717) is 0 Å². The van der Waals surface area contributed by atoms with Gasteiger partial charge in [-0.3, -0.25) is 0 Å². The highest BCUT2D eigenvalue weighted by Gasteiger charge is 2.10. The third-order valence-electron chi connectivity index (χ3n) is 2.60. The summed E-state index contributed by atoms with van der Waals surface area (Å²) in [7, 11) is 4.19. The van der Waals surface area contributed by atoms with E-state index in [1.165, 1.54) is 24.9 Å². The first-order chi connectivity index (χ1) is 5.77. The van der Waals surface area contributed by atoms with Crippen molar-refractivity contribution >= 4 is 5.69 Å². The number of hydrogen-bond donors (Lipinski definition) is 0. The molecule has 2 rings (SSSR count). The van der Waals surface area contributed by atoms with Crippen LogP contribution < -0.4 is 4.90 Å². The van der Waals surface area contributed by atoms with Crippen LogP contribution in [0.3, 0.4) is 0 Å². The fraction of sp³-hybridized carbons (Fsp3) is 0.455. The predicted molar refractivity (Wildman–Crippen MR) is 52.8 cm³/mol. The van der Waals surface area contributed by atoms with Gasteiger partial charge in [-0.2, -0.15) is 0 Å². The second-order valence-electron chi connectivity index (χ2n) is 3.70. The van der Waals surface area contributed by atoms with Crippen LogP contribution in [0.2, 0.25) is 0 Å². The molecular weight excluding hydrogens is 146 g/mol. The largest absolute Gasteiger partial charge is 0.378 e. The SMILES string of the molecule is CN(C)c1ccc2c(c1)CCC2. The van der Waals surface area contributed by atoms with Gasteiger partial charge in [0.25, 0.3) is 0 Å². The van der Waals surface area contributed by atoms with Gasteiger partial charge in [-0.15, -0.1) is 0 Å². The highest BCUT2D eigenvalue weighted by atomic mass is 15.1. The highest BCUT2D eigenvalue weighted by molar-refractivity contribution is 5.51. The van der Waals surface area contributed by atoms with Gasteiger partial charge in [0, 0.05) is 19.8 Å². The average molecular weight is 161 g/mol. The quantitative estimate of drug-likeness (QED) is 0.610. The standard InChI is InChI=1S/C11H15N/c1-12(2)11-7-6-9-4-3-5-10(9)8-11/h6-8H,3-5H2,1-2H3.